The van der Waals surface area contributed by atoms with Crippen LogP contribution in [0.2, 0.25) is 0 Å². The first-order chi connectivity index (χ1) is 20.8. The van der Waals surface area contributed by atoms with Crippen molar-refractivity contribution in [1.82, 2.24) is 0 Å². The largest absolute Gasteiger partial charge is 0.507 e. The van der Waals surface area contributed by atoms with Gasteiger partial charge in [-0.15, -0.1) is 0 Å². The van der Waals surface area contributed by atoms with Gasteiger partial charge in [0.05, 0.1) is 0 Å². The van der Waals surface area contributed by atoms with Crippen molar-refractivity contribution in [2.45, 2.75) is 78.4 Å². The molecule has 0 amide bonds. The third-order valence-electron chi connectivity index (χ3n) is 7.62. The number of benzene rings is 4. The van der Waals surface area contributed by atoms with E-state index in [9.17, 15) is 9.90 Å². The third kappa shape index (κ3) is 7.90. The minimum absolute atomic E-state index is 0.186. The Labute approximate surface area is 262 Å². The van der Waals surface area contributed by atoms with Gasteiger partial charge in [0.15, 0.2) is 0 Å². The monoisotopic (exact) mass is 592 g/mol. The topological polar surface area (TPSA) is 65.0 Å². The molecule has 4 aromatic carbocycles. The van der Waals surface area contributed by atoms with Gasteiger partial charge < -0.3 is 19.3 Å². The molecule has 44 heavy (non-hydrogen) atoms. The average molecular weight is 593 g/mol. The minimum atomic E-state index is -0.554. The van der Waals surface area contributed by atoms with E-state index in [-0.39, 0.29) is 11.2 Å². The lowest BCUT2D eigenvalue weighted by molar-refractivity contribution is -0.129. The first kappa shape index (κ1) is 32.4. The second kappa shape index (κ2) is 13.4. The van der Waals surface area contributed by atoms with Crippen molar-refractivity contribution in [3.05, 3.63) is 131 Å². The summed E-state index contributed by atoms with van der Waals surface area (Å²) in [4.78, 5) is 12.7. The maximum atomic E-state index is 12.7. The molecule has 0 radical (unpaired) electrons. The number of hydrogen-bond acceptors (Lipinski definition) is 5. The van der Waals surface area contributed by atoms with Crippen LogP contribution in [0, 0.1) is 0 Å². The van der Waals surface area contributed by atoms with E-state index in [4.69, 9.17) is 14.2 Å². The fraction of sp³-hybridized carbons (Fsp3) is 0.308. The molecule has 0 fully saturated rings. The van der Waals surface area contributed by atoms with E-state index in [1.54, 1.807) is 0 Å². The van der Waals surface area contributed by atoms with E-state index < -0.39 is 17.3 Å². The molecule has 1 atom stereocenters. The van der Waals surface area contributed by atoms with Crippen molar-refractivity contribution in [2.24, 2.45) is 0 Å². The van der Waals surface area contributed by atoms with Crippen molar-refractivity contribution in [3.63, 3.8) is 0 Å². The van der Waals surface area contributed by atoms with Crippen LogP contribution in [0.5, 0.6) is 23.0 Å². The van der Waals surface area contributed by atoms with Gasteiger partial charge in [-0.3, -0.25) is 0 Å². The van der Waals surface area contributed by atoms with Gasteiger partial charge in [0.1, 0.15) is 36.2 Å². The average Bonchev–Trinajstić information content (AvgIpc) is 2.99. The maximum Gasteiger partial charge on any atom is 0.335 e. The Morgan fingerprint density at radius 1 is 0.750 bits per heavy atom. The van der Waals surface area contributed by atoms with E-state index >= 15 is 0 Å². The predicted octanol–water partition coefficient (Wildman–Crippen LogP) is 9.39. The predicted molar refractivity (Wildman–Crippen MR) is 177 cm³/mol. The first-order valence-electron chi connectivity index (χ1n) is 15.0. The van der Waals surface area contributed by atoms with Gasteiger partial charge in [-0.25, -0.2) is 4.79 Å². The Balaban J connectivity index is 1.87. The molecule has 1 N–H and O–H groups in total. The molecular formula is C39H44O5. The molecule has 0 bridgehead atoms. The smallest absolute Gasteiger partial charge is 0.335 e. The van der Waals surface area contributed by atoms with E-state index in [1.165, 1.54) is 0 Å². The van der Waals surface area contributed by atoms with Gasteiger partial charge in [-0.2, -0.15) is 0 Å². The molecule has 0 aliphatic carbocycles. The fourth-order valence-corrected chi connectivity index (χ4v) is 5.11. The van der Waals surface area contributed by atoms with Crippen LogP contribution in [-0.2, 0) is 28.8 Å². The normalized spacial score (nSPS) is 12.3. The summed E-state index contributed by atoms with van der Waals surface area (Å²) in [5.74, 6) is 0.966. The molecule has 0 aromatic heterocycles. The summed E-state index contributed by atoms with van der Waals surface area (Å²) in [7, 11) is 0. The molecule has 5 nitrogen and oxygen atoms in total. The van der Waals surface area contributed by atoms with Crippen LogP contribution in [0.1, 0.15) is 87.8 Å². The SMILES string of the molecule is C=CC(=O)Oc1c(C(C)c2cc(OCc3ccccc3)cc(C(C)(C)C)c2O)cc(OCc2ccccc2)cc1C(C)(C)C. The Morgan fingerprint density at radius 3 is 1.66 bits per heavy atom. The van der Waals surface area contributed by atoms with Crippen LogP contribution in [0.15, 0.2) is 97.6 Å². The summed E-state index contributed by atoms with van der Waals surface area (Å²) in [5.41, 5.74) is 4.29. The van der Waals surface area contributed by atoms with Crippen LogP contribution < -0.4 is 14.2 Å². The minimum Gasteiger partial charge on any atom is -0.507 e. The summed E-state index contributed by atoms with van der Waals surface area (Å²) in [6, 6.07) is 27.6. The Kier molecular flexibility index (Phi) is 9.88. The van der Waals surface area contributed by atoms with E-state index in [0.29, 0.717) is 41.6 Å². The van der Waals surface area contributed by atoms with Crippen LogP contribution in [0.25, 0.3) is 0 Å². The van der Waals surface area contributed by atoms with Gasteiger partial charge in [-0.1, -0.05) is 116 Å². The number of phenolic OH excluding ortho intramolecular Hbond substituents is 1. The molecular weight excluding hydrogens is 548 g/mol. The molecule has 0 spiro atoms. The molecule has 4 aromatic rings. The lowest BCUT2D eigenvalue weighted by Crippen LogP contribution is -2.18. The first-order valence-corrected chi connectivity index (χ1v) is 15.0. The van der Waals surface area contributed by atoms with Gasteiger partial charge in [0.25, 0.3) is 0 Å². The summed E-state index contributed by atoms with van der Waals surface area (Å²) in [6.07, 6.45) is 1.16. The maximum absolute atomic E-state index is 12.7. The van der Waals surface area contributed by atoms with E-state index in [0.717, 1.165) is 28.3 Å². The number of carbonyl (C=O) groups is 1. The van der Waals surface area contributed by atoms with Crippen LogP contribution in [-0.4, -0.2) is 11.1 Å². The molecule has 230 valence electrons. The van der Waals surface area contributed by atoms with Gasteiger partial charge in [-0.05, 0) is 46.2 Å². The molecule has 0 heterocycles. The molecule has 0 saturated carbocycles. The third-order valence-corrected chi connectivity index (χ3v) is 7.62. The summed E-state index contributed by atoms with van der Waals surface area (Å²) in [5, 5.41) is 11.7. The zero-order valence-electron chi connectivity index (χ0n) is 26.9. The van der Waals surface area contributed by atoms with Crippen LogP contribution in [0.3, 0.4) is 0 Å². The van der Waals surface area contributed by atoms with Gasteiger partial charge in [0.2, 0.25) is 0 Å². The molecule has 0 aliphatic heterocycles. The van der Waals surface area contributed by atoms with Crippen LogP contribution in [0.4, 0.5) is 0 Å². The summed E-state index contributed by atoms with van der Waals surface area (Å²) >= 11 is 0. The van der Waals surface area contributed by atoms with Gasteiger partial charge >= 0.3 is 5.97 Å². The second-order valence-corrected chi connectivity index (χ2v) is 13.2. The number of hydrogen-bond donors (Lipinski definition) is 1. The number of ether oxygens (including phenoxy) is 3. The Hall–Kier alpha value is -4.51. The molecule has 4 rings (SSSR count). The highest BCUT2D eigenvalue weighted by Gasteiger charge is 2.30. The zero-order chi connectivity index (χ0) is 32.1. The summed E-state index contributed by atoms with van der Waals surface area (Å²) < 4.78 is 18.5. The molecule has 0 saturated heterocycles. The number of esters is 1. The number of rotatable bonds is 10. The van der Waals surface area contributed by atoms with Crippen molar-refractivity contribution in [3.8, 4) is 23.0 Å². The highest BCUT2D eigenvalue weighted by molar-refractivity contribution is 5.84. The molecule has 1 unspecified atom stereocenters. The van der Waals surface area contributed by atoms with Crippen LogP contribution >= 0.6 is 0 Å². The van der Waals surface area contributed by atoms with E-state index in [1.807, 2.05) is 91.9 Å². The lowest BCUT2D eigenvalue weighted by Gasteiger charge is -2.29. The highest BCUT2D eigenvalue weighted by atomic mass is 16.5. The van der Waals surface area contributed by atoms with Gasteiger partial charge in [0, 0.05) is 34.2 Å². The van der Waals surface area contributed by atoms with Crippen molar-refractivity contribution >= 4 is 5.97 Å². The Morgan fingerprint density at radius 2 is 1.20 bits per heavy atom. The van der Waals surface area contributed by atoms with Crippen molar-refractivity contribution < 1.29 is 24.1 Å². The number of phenols is 1. The van der Waals surface area contributed by atoms with E-state index in [2.05, 4.69) is 48.1 Å². The van der Waals surface area contributed by atoms with Crippen molar-refractivity contribution in [1.29, 1.82) is 0 Å². The lowest BCUT2D eigenvalue weighted by atomic mass is 9.79. The standard InChI is InChI=1S/C39H44O5/c1-9-35(40)44-37-32(21-30(23-34(37)39(6,7)8)43-25-28-18-14-11-15-19-28)26(2)31-20-29(22-33(36(31)41)38(3,4)5)42-24-27-16-12-10-13-17-27/h9-23,26,41H,1,24-25H2,2-8H3. The zero-order valence-corrected chi connectivity index (χ0v) is 26.9. The Bertz CT molecular complexity index is 1590. The van der Waals surface area contributed by atoms with Crippen molar-refractivity contribution in [2.75, 3.05) is 0 Å². The summed E-state index contributed by atoms with van der Waals surface area (Å²) in [6.45, 7) is 18.8. The molecule has 5 heteroatoms. The fourth-order valence-electron chi connectivity index (χ4n) is 5.11. The second-order valence-electron chi connectivity index (χ2n) is 13.2. The highest BCUT2D eigenvalue weighted by Crippen LogP contribution is 2.47. The number of carbonyl (C=O) groups excluding carboxylic acids is 1. The quantitative estimate of drug-likeness (QED) is 0.113. The molecule has 0 aliphatic rings. The number of aromatic hydroxyl groups is 1.